The third-order valence-electron chi connectivity index (χ3n) is 6.74. The number of hydrogen-bond acceptors (Lipinski definition) is 4. The number of nitrogens with one attached hydrogen (secondary N) is 1. The van der Waals surface area contributed by atoms with Crippen LogP contribution in [-0.2, 0) is 20.9 Å². The van der Waals surface area contributed by atoms with Crippen LogP contribution < -0.4 is 5.32 Å². The van der Waals surface area contributed by atoms with Crippen LogP contribution in [-0.4, -0.2) is 63.9 Å². The lowest BCUT2D eigenvalue weighted by Gasteiger charge is -2.52. The Bertz CT molecular complexity index is 870. The van der Waals surface area contributed by atoms with E-state index in [1.165, 1.54) is 0 Å². The highest BCUT2D eigenvalue weighted by Gasteiger charge is 2.53. The summed E-state index contributed by atoms with van der Waals surface area (Å²) in [6.07, 6.45) is 6.55. The van der Waals surface area contributed by atoms with Gasteiger partial charge < -0.3 is 15.3 Å². The van der Waals surface area contributed by atoms with Crippen molar-refractivity contribution < 1.29 is 19.5 Å². The van der Waals surface area contributed by atoms with Gasteiger partial charge in [-0.3, -0.25) is 14.5 Å². The number of nitrogens with zero attached hydrogens (tertiary/aromatic N) is 2. The third kappa shape index (κ3) is 6.02. The predicted molar refractivity (Wildman–Crippen MR) is 128 cm³/mol. The molecule has 0 bridgehead atoms. The summed E-state index contributed by atoms with van der Waals surface area (Å²) in [6, 6.07) is 7.43. The molecule has 180 valence electrons. The molecule has 2 aliphatic rings. The van der Waals surface area contributed by atoms with Crippen LogP contribution in [0.1, 0.15) is 64.0 Å². The van der Waals surface area contributed by atoms with Crippen LogP contribution in [0.3, 0.4) is 0 Å². The monoisotopic (exact) mass is 455 g/mol. The quantitative estimate of drug-likeness (QED) is 0.558. The molecule has 2 fully saturated rings. The zero-order chi connectivity index (χ0) is 24.0. The standard InChI is InChI=1S/C26H37N3O4/c1-4-5-14-29-24(32)22(17-19(2)3)27-25(33)26(29)12-15-28(16-13-26)18-21-8-6-20(7-9-21)10-11-23(30)31/h6-11,19,22H,4-5,12-18H2,1-3H3,(H,27,33)(H,30,31)/b11-10+. The fourth-order valence-electron chi connectivity index (χ4n) is 4.89. The number of likely N-dealkylation sites (tertiary alicyclic amines) is 1. The Balaban J connectivity index is 1.66. The number of unbranched alkanes of at least 4 members (excludes halogenated alkanes) is 1. The summed E-state index contributed by atoms with van der Waals surface area (Å²) in [5, 5.41) is 11.8. The van der Waals surface area contributed by atoms with Gasteiger partial charge >= 0.3 is 5.97 Å². The van der Waals surface area contributed by atoms with E-state index < -0.39 is 17.6 Å². The minimum absolute atomic E-state index is 0.0121. The first kappa shape index (κ1) is 25.0. The van der Waals surface area contributed by atoms with E-state index in [-0.39, 0.29) is 11.8 Å². The molecule has 7 heteroatoms. The van der Waals surface area contributed by atoms with Gasteiger partial charge in [-0.05, 0) is 48.8 Å². The van der Waals surface area contributed by atoms with Crippen LogP contribution in [0.25, 0.3) is 6.08 Å². The van der Waals surface area contributed by atoms with Crippen molar-refractivity contribution in [3.05, 3.63) is 41.5 Å². The van der Waals surface area contributed by atoms with Gasteiger partial charge in [-0.15, -0.1) is 0 Å². The van der Waals surface area contributed by atoms with E-state index in [0.717, 1.165) is 49.7 Å². The second-order valence-corrected chi connectivity index (χ2v) is 9.72. The third-order valence-corrected chi connectivity index (χ3v) is 6.74. The van der Waals surface area contributed by atoms with Crippen molar-refractivity contribution in [1.29, 1.82) is 0 Å². The van der Waals surface area contributed by atoms with Crippen molar-refractivity contribution in [2.45, 2.75) is 71.0 Å². The smallest absolute Gasteiger partial charge is 0.328 e. The summed E-state index contributed by atoms with van der Waals surface area (Å²) in [7, 11) is 0. The Morgan fingerprint density at radius 3 is 2.45 bits per heavy atom. The molecule has 0 radical (unpaired) electrons. The number of benzene rings is 1. The summed E-state index contributed by atoms with van der Waals surface area (Å²) in [4.78, 5) is 41.6. The number of carbonyl (C=O) groups excluding carboxylic acids is 2. The number of piperidine rings is 1. The van der Waals surface area contributed by atoms with Crippen LogP contribution in [0.15, 0.2) is 30.3 Å². The molecular weight excluding hydrogens is 418 g/mol. The molecule has 0 aromatic heterocycles. The van der Waals surface area contributed by atoms with Gasteiger partial charge in [0.25, 0.3) is 0 Å². The van der Waals surface area contributed by atoms with E-state index in [1.807, 2.05) is 29.2 Å². The number of piperazine rings is 1. The molecule has 0 aliphatic carbocycles. The van der Waals surface area contributed by atoms with Crippen LogP contribution in [0, 0.1) is 5.92 Å². The highest BCUT2D eigenvalue weighted by atomic mass is 16.4. The molecule has 2 heterocycles. The number of rotatable bonds is 9. The number of hydrogen-bond donors (Lipinski definition) is 2. The van der Waals surface area contributed by atoms with Gasteiger partial charge in [0.1, 0.15) is 11.6 Å². The fraction of sp³-hybridized carbons (Fsp3) is 0.577. The molecule has 2 amide bonds. The zero-order valence-corrected chi connectivity index (χ0v) is 20.0. The fourth-order valence-corrected chi connectivity index (χ4v) is 4.89. The van der Waals surface area contributed by atoms with Crippen molar-refractivity contribution in [3.8, 4) is 0 Å². The molecule has 2 aliphatic heterocycles. The molecule has 2 saturated heterocycles. The van der Waals surface area contributed by atoms with E-state index in [4.69, 9.17) is 5.11 Å². The summed E-state index contributed by atoms with van der Waals surface area (Å²) in [6.45, 7) is 9.17. The first-order valence-electron chi connectivity index (χ1n) is 12.1. The van der Waals surface area contributed by atoms with Crippen molar-refractivity contribution in [2.24, 2.45) is 5.92 Å². The van der Waals surface area contributed by atoms with Gasteiger partial charge in [0.15, 0.2) is 0 Å². The number of aliphatic carboxylic acids is 1. The van der Waals surface area contributed by atoms with Crippen molar-refractivity contribution >= 4 is 23.9 Å². The number of carboxylic acid groups (broad SMARTS) is 1. The summed E-state index contributed by atoms with van der Waals surface area (Å²) >= 11 is 0. The van der Waals surface area contributed by atoms with Gasteiger partial charge in [0.05, 0.1) is 0 Å². The Morgan fingerprint density at radius 1 is 1.21 bits per heavy atom. The molecule has 1 unspecified atom stereocenters. The molecule has 7 nitrogen and oxygen atoms in total. The summed E-state index contributed by atoms with van der Waals surface area (Å²) in [5.41, 5.74) is 1.25. The average Bonchev–Trinajstić information content (AvgIpc) is 2.78. The molecule has 1 aromatic rings. The maximum atomic E-state index is 13.3. The van der Waals surface area contributed by atoms with Crippen molar-refractivity contribution in [1.82, 2.24) is 15.1 Å². The molecule has 2 N–H and O–H groups in total. The van der Waals surface area contributed by atoms with Gasteiger partial charge in [0.2, 0.25) is 11.8 Å². The first-order valence-corrected chi connectivity index (χ1v) is 12.1. The van der Waals surface area contributed by atoms with E-state index in [9.17, 15) is 14.4 Å². The number of carboxylic acids is 1. The molecule has 1 atom stereocenters. The van der Waals surface area contributed by atoms with E-state index in [1.54, 1.807) is 6.08 Å². The average molecular weight is 456 g/mol. The Labute approximate surface area is 196 Å². The minimum Gasteiger partial charge on any atom is -0.478 e. The number of carbonyl (C=O) groups is 3. The summed E-state index contributed by atoms with van der Waals surface area (Å²) in [5.74, 6) is -0.530. The predicted octanol–water partition coefficient (Wildman–Crippen LogP) is 3.29. The molecule has 0 saturated carbocycles. The lowest BCUT2D eigenvalue weighted by atomic mass is 9.80. The minimum atomic E-state index is -0.963. The van der Waals surface area contributed by atoms with E-state index >= 15 is 0 Å². The zero-order valence-electron chi connectivity index (χ0n) is 20.0. The SMILES string of the molecule is CCCCN1C(=O)C(CC(C)C)NC(=O)C12CCN(Cc1ccc(/C=C/C(=O)O)cc1)CC2. The van der Waals surface area contributed by atoms with Crippen LogP contribution in [0.2, 0.25) is 0 Å². The van der Waals surface area contributed by atoms with Crippen molar-refractivity contribution in [3.63, 3.8) is 0 Å². The Kier molecular flexibility index (Phi) is 8.30. The largest absolute Gasteiger partial charge is 0.478 e. The van der Waals surface area contributed by atoms with Gasteiger partial charge in [-0.25, -0.2) is 4.79 Å². The molecule has 1 aromatic carbocycles. The second-order valence-electron chi connectivity index (χ2n) is 9.72. The van der Waals surface area contributed by atoms with E-state index in [2.05, 4.69) is 31.0 Å². The molecule has 1 spiro atoms. The van der Waals surface area contributed by atoms with E-state index in [0.29, 0.717) is 31.7 Å². The van der Waals surface area contributed by atoms with Gasteiger partial charge in [-0.2, -0.15) is 0 Å². The normalized spacial score (nSPS) is 21.2. The molecule has 3 rings (SSSR count). The first-order chi connectivity index (χ1) is 15.7. The highest BCUT2D eigenvalue weighted by molar-refractivity contribution is 6.00. The molecular formula is C26H37N3O4. The van der Waals surface area contributed by atoms with Gasteiger partial charge in [0, 0.05) is 32.3 Å². The summed E-state index contributed by atoms with van der Waals surface area (Å²) < 4.78 is 0. The van der Waals surface area contributed by atoms with Crippen LogP contribution in [0.4, 0.5) is 0 Å². The van der Waals surface area contributed by atoms with Crippen LogP contribution >= 0.6 is 0 Å². The Hall–Kier alpha value is -2.67. The highest BCUT2D eigenvalue weighted by Crippen LogP contribution is 2.34. The number of amides is 2. The van der Waals surface area contributed by atoms with Gasteiger partial charge in [-0.1, -0.05) is 51.5 Å². The second kappa shape index (κ2) is 11.0. The maximum absolute atomic E-state index is 13.3. The lowest BCUT2D eigenvalue weighted by Crippen LogP contribution is -2.73. The maximum Gasteiger partial charge on any atom is 0.328 e. The Morgan fingerprint density at radius 2 is 1.88 bits per heavy atom. The van der Waals surface area contributed by atoms with Crippen molar-refractivity contribution in [2.75, 3.05) is 19.6 Å². The lowest BCUT2D eigenvalue weighted by molar-refractivity contribution is -0.161. The topological polar surface area (TPSA) is 90.0 Å². The van der Waals surface area contributed by atoms with Crippen LogP contribution in [0.5, 0.6) is 0 Å². The molecule has 33 heavy (non-hydrogen) atoms.